The standard InChI is InChI=1S/C23H19F3N6O3S/c1-11-20(36-22(30-11)21(27)33)17-7-19(16(26)8-28-17)35-15-9-31(10-15)23(34)32-18(2-3-29-32)12-4-13(24)6-14(25)5-12/h3-8,15,18H,2,9-10H2,1H3,(H2,27,33)/t18-/m0/s1. The van der Waals surface area contributed by atoms with E-state index in [0.29, 0.717) is 28.2 Å². The molecule has 9 nitrogen and oxygen atoms in total. The summed E-state index contributed by atoms with van der Waals surface area (Å²) in [6.45, 7) is 2.01. The zero-order valence-corrected chi connectivity index (χ0v) is 19.6. The van der Waals surface area contributed by atoms with Crippen LogP contribution in [-0.2, 0) is 0 Å². The van der Waals surface area contributed by atoms with Gasteiger partial charge in [-0.1, -0.05) is 0 Å². The quantitative estimate of drug-likeness (QED) is 0.556. The summed E-state index contributed by atoms with van der Waals surface area (Å²) in [7, 11) is 0. The molecule has 1 fully saturated rings. The molecule has 0 radical (unpaired) electrons. The second-order valence-electron chi connectivity index (χ2n) is 8.32. The normalized spacial score (nSPS) is 17.4. The van der Waals surface area contributed by atoms with Gasteiger partial charge >= 0.3 is 6.03 Å². The first kappa shape index (κ1) is 23.7. The molecule has 0 aliphatic carbocycles. The SMILES string of the molecule is Cc1nc(C(N)=O)sc1-c1cc(OC2CN(C(=O)N3N=CC[C@H]3c3cc(F)cc(F)c3)C2)c(F)cn1. The highest BCUT2D eigenvalue weighted by molar-refractivity contribution is 7.17. The molecule has 3 amide bonds. The first-order valence-electron chi connectivity index (χ1n) is 10.9. The second-order valence-corrected chi connectivity index (χ2v) is 9.32. The van der Waals surface area contributed by atoms with Crippen LogP contribution in [0.25, 0.3) is 10.6 Å². The molecule has 2 aromatic heterocycles. The smallest absolute Gasteiger partial charge is 0.341 e. The molecule has 0 bridgehead atoms. The van der Waals surface area contributed by atoms with E-state index in [2.05, 4.69) is 15.1 Å². The van der Waals surface area contributed by atoms with Gasteiger partial charge in [0, 0.05) is 24.8 Å². The van der Waals surface area contributed by atoms with E-state index in [4.69, 9.17) is 10.5 Å². The fraction of sp³-hybridized carbons (Fsp3) is 0.261. The van der Waals surface area contributed by atoms with Crippen molar-refractivity contribution in [1.82, 2.24) is 19.9 Å². The first-order valence-corrected chi connectivity index (χ1v) is 11.7. The average Bonchev–Trinajstić information content (AvgIpc) is 3.43. The molecule has 186 valence electrons. The number of nitrogens with zero attached hydrogens (tertiary/aromatic N) is 5. The van der Waals surface area contributed by atoms with Gasteiger partial charge in [0.25, 0.3) is 5.91 Å². The van der Waals surface area contributed by atoms with E-state index in [-0.39, 0.29) is 23.8 Å². The molecule has 5 rings (SSSR count). The zero-order chi connectivity index (χ0) is 25.6. The highest BCUT2D eigenvalue weighted by Crippen LogP contribution is 2.34. The molecule has 2 aliphatic heterocycles. The number of ether oxygens (including phenoxy) is 1. The number of benzene rings is 1. The Morgan fingerprint density at radius 1 is 1.14 bits per heavy atom. The number of hydrogen-bond donors (Lipinski definition) is 1. The van der Waals surface area contributed by atoms with Crippen LogP contribution in [0.5, 0.6) is 5.75 Å². The number of aromatic nitrogens is 2. The predicted molar refractivity (Wildman–Crippen MR) is 124 cm³/mol. The van der Waals surface area contributed by atoms with Gasteiger partial charge in [-0.25, -0.2) is 28.0 Å². The highest BCUT2D eigenvalue weighted by atomic mass is 32.1. The van der Waals surface area contributed by atoms with Crippen LogP contribution in [0, 0.1) is 24.4 Å². The number of aryl methyl sites for hydroxylation is 1. The minimum absolute atomic E-state index is 0.0576. The van der Waals surface area contributed by atoms with Crippen molar-refractivity contribution in [3.05, 3.63) is 64.2 Å². The van der Waals surface area contributed by atoms with E-state index >= 15 is 0 Å². The van der Waals surface area contributed by atoms with Crippen molar-refractivity contribution in [2.45, 2.75) is 25.5 Å². The van der Waals surface area contributed by atoms with E-state index in [9.17, 15) is 22.8 Å². The molecule has 36 heavy (non-hydrogen) atoms. The van der Waals surface area contributed by atoms with Crippen LogP contribution in [0.4, 0.5) is 18.0 Å². The molecule has 0 spiro atoms. The fourth-order valence-corrected chi connectivity index (χ4v) is 4.90. The van der Waals surface area contributed by atoms with Crippen molar-refractivity contribution < 1.29 is 27.5 Å². The maximum absolute atomic E-state index is 14.4. The van der Waals surface area contributed by atoms with Crippen LogP contribution >= 0.6 is 11.3 Å². The van der Waals surface area contributed by atoms with Gasteiger partial charge in [0.2, 0.25) is 0 Å². The molecule has 2 N–H and O–H groups in total. The van der Waals surface area contributed by atoms with E-state index in [0.717, 1.165) is 23.6 Å². The van der Waals surface area contributed by atoms with Gasteiger partial charge in [-0.3, -0.25) is 9.78 Å². The molecular weight excluding hydrogens is 497 g/mol. The third kappa shape index (κ3) is 4.49. The Kier molecular flexibility index (Phi) is 6.08. The Hall–Kier alpha value is -4.00. The summed E-state index contributed by atoms with van der Waals surface area (Å²) < 4.78 is 47.5. The number of hydrazone groups is 1. The van der Waals surface area contributed by atoms with E-state index in [1.165, 1.54) is 34.3 Å². The lowest BCUT2D eigenvalue weighted by Gasteiger charge is -2.41. The minimum Gasteiger partial charge on any atom is -0.483 e. The number of carbonyl (C=O) groups excluding carboxylic acids is 2. The van der Waals surface area contributed by atoms with Crippen molar-refractivity contribution in [2.24, 2.45) is 10.8 Å². The number of amides is 3. The van der Waals surface area contributed by atoms with Crippen LogP contribution < -0.4 is 10.5 Å². The highest BCUT2D eigenvalue weighted by Gasteiger charge is 2.39. The molecule has 2 aliphatic rings. The number of carbonyl (C=O) groups is 2. The van der Waals surface area contributed by atoms with Gasteiger partial charge in [-0.15, -0.1) is 11.3 Å². The first-order chi connectivity index (χ1) is 17.2. The summed E-state index contributed by atoms with van der Waals surface area (Å²) >= 11 is 1.05. The van der Waals surface area contributed by atoms with Crippen LogP contribution in [0.2, 0.25) is 0 Å². The number of likely N-dealkylation sites (tertiary alicyclic amines) is 1. The zero-order valence-electron chi connectivity index (χ0n) is 18.8. The van der Waals surface area contributed by atoms with Crippen molar-refractivity contribution in [3.63, 3.8) is 0 Å². The van der Waals surface area contributed by atoms with Crippen LogP contribution in [-0.4, -0.2) is 57.2 Å². The average molecular weight is 517 g/mol. The van der Waals surface area contributed by atoms with Gasteiger partial charge in [0.05, 0.1) is 41.6 Å². The number of urea groups is 1. The largest absolute Gasteiger partial charge is 0.483 e. The summed E-state index contributed by atoms with van der Waals surface area (Å²) in [6, 6.07) is 3.44. The van der Waals surface area contributed by atoms with Crippen LogP contribution in [0.15, 0.2) is 35.6 Å². The monoisotopic (exact) mass is 516 g/mol. The summed E-state index contributed by atoms with van der Waals surface area (Å²) in [5.74, 6) is -2.88. The number of primary amides is 1. The Balaban J connectivity index is 1.25. The Bertz CT molecular complexity index is 1370. The fourth-order valence-electron chi connectivity index (χ4n) is 4.01. The van der Waals surface area contributed by atoms with Gasteiger partial charge in [0.1, 0.15) is 17.7 Å². The number of rotatable bonds is 5. The van der Waals surface area contributed by atoms with E-state index in [1.807, 2.05) is 0 Å². The molecule has 13 heteroatoms. The second kappa shape index (κ2) is 9.22. The third-order valence-corrected chi connectivity index (χ3v) is 6.96. The number of pyridine rings is 1. The predicted octanol–water partition coefficient (Wildman–Crippen LogP) is 3.65. The lowest BCUT2D eigenvalue weighted by Crippen LogP contribution is -2.58. The molecule has 1 aromatic carbocycles. The van der Waals surface area contributed by atoms with Crippen molar-refractivity contribution in [1.29, 1.82) is 0 Å². The van der Waals surface area contributed by atoms with E-state index in [1.54, 1.807) is 6.92 Å². The summed E-state index contributed by atoms with van der Waals surface area (Å²) in [6.07, 6.45) is 2.36. The maximum atomic E-state index is 14.4. The molecule has 3 aromatic rings. The van der Waals surface area contributed by atoms with Gasteiger partial charge < -0.3 is 15.4 Å². The van der Waals surface area contributed by atoms with Crippen molar-refractivity contribution in [3.8, 4) is 16.3 Å². The van der Waals surface area contributed by atoms with Gasteiger partial charge in [-0.05, 0) is 24.6 Å². The number of thiazole rings is 1. The summed E-state index contributed by atoms with van der Waals surface area (Å²) in [5.41, 5.74) is 6.48. The van der Waals surface area contributed by atoms with Gasteiger partial charge in [0.15, 0.2) is 16.6 Å². The lowest BCUT2D eigenvalue weighted by atomic mass is 10.0. The minimum atomic E-state index is -0.736. The van der Waals surface area contributed by atoms with Crippen molar-refractivity contribution in [2.75, 3.05) is 13.1 Å². The van der Waals surface area contributed by atoms with Crippen LogP contribution in [0.1, 0.15) is 33.5 Å². The van der Waals surface area contributed by atoms with Crippen LogP contribution in [0.3, 0.4) is 0 Å². The number of nitrogens with two attached hydrogens (primary N) is 1. The Morgan fingerprint density at radius 2 is 1.86 bits per heavy atom. The van der Waals surface area contributed by atoms with Crippen molar-refractivity contribution >= 4 is 29.5 Å². The van der Waals surface area contributed by atoms with E-state index < -0.39 is 41.5 Å². The molecule has 4 heterocycles. The third-order valence-electron chi connectivity index (χ3n) is 5.77. The molecule has 1 atom stereocenters. The summed E-state index contributed by atoms with van der Waals surface area (Å²) in [4.78, 5) is 34.5. The molecule has 0 unspecified atom stereocenters. The van der Waals surface area contributed by atoms with Gasteiger partial charge in [-0.2, -0.15) is 5.10 Å². The Morgan fingerprint density at radius 3 is 2.53 bits per heavy atom. The maximum Gasteiger partial charge on any atom is 0.341 e. The molecule has 1 saturated heterocycles. The topological polar surface area (TPSA) is 114 Å². The molecular formula is C23H19F3N6O3S. The number of halogens is 3. The molecule has 0 saturated carbocycles. The summed E-state index contributed by atoms with van der Waals surface area (Å²) in [5, 5.41) is 5.37. The number of hydrogen-bond acceptors (Lipinski definition) is 7. The Labute approximate surface area is 207 Å². The lowest BCUT2D eigenvalue weighted by molar-refractivity contribution is 0.0256.